The normalized spacial score (nSPS) is 11.0. The van der Waals surface area contributed by atoms with E-state index in [-0.39, 0.29) is 29.9 Å². The van der Waals surface area contributed by atoms with Gasteiger partial charge in [0.2, 0.25) is 0 Å². The Morgan fingerprint density at radius 1 is 1.42 bits per heavy atom. The first-order valence-corrected chi connectivity index (χ1v) is 5.58. The van der Waals surface area contributed by atoms with Gasteiger partial charge in [0.05, 0.1) is 13.2 Å². The summed E-state index contributed by atoms with van der Waals surface area (Å²) in [5, 5.41) is 12.8. The fraction of sp³-hybridized carbons (Fsp3) is 0.400. The predicted octanol–water partition coefficient (Wildman–Crippen LogP) is -0.852. The van der Waals surface area contributed by atoms with Crippen molar-refractivity contribution < 1.29 is 14.6 Å². The zero-order valence-electron chi connectivity index (χ0n) is 10.1. The number of hydrogen-bond acceptors (Lipinski definition) is 5. The van der Waals surface area contributed by atoms with E-state index in [9.17, 15) is 14.4 Å². The summed E-state index contributed by atoms with van der Waals surface area (Å²) in [6, 6.07) is 0. The van der Waals surface area contributed by atoms with E-state index in [0.29, 0.717) is 6.61 Å². The number of hydrogen-bond donors (Lipinski definition) is 3. The maximum absolute atomic E-state index is 11.7. The van der Waals surface area contributed by atoms with E-state index in [4.69, 9.17) is 9.84 Å². The molecule has 0 saturated heterocycles. The Balaban J connectivity index is 2.61. The lowest BCUT2D eigenvalue weighted by atomic mass is 10.3. The Kier molecular flexibility index (Phi) is 3.47. The van der Waals surface area contributed by atoms with Gasteiger partial charge in [-0.25, -0.2) is 9.59 Å². The van der Waals surface area contributed by atoms with Crippen molar-refractivity contribution in [2.45, 2.75) is 13.5 Å². The van der Waals surface area contributed by atoms with Crippen molar-refractivity contribution in [3.05, 3.63) is 26.5 Å². The van der Waals surface area contributed by atoms with Crippen LogP contribution in [0.4, 0.5) is 0 Å². The van der Waals surface area contributed by atoms with Crippen LogP contribution >= 0.6 is 0 Å². The number of carbonyl (C=O) groups is 1. The molecule has 0 aliphatic heterocycles. The monoisotopic (exact) mass is 268 g/mol. The number of H-pyrrole nitrogens is 2. The molecule has 0 saturated carbocycles. The number of fused-ring (bicyclic) bond motifs is 1. The van der Waals surface area contributed by atoms with Crippen LogP contribution < -0.4 is 11.2 Å². The molecule has 0 atom stereocenters. The highest BCUT2D eigenvalue weighted by Gasteiger charge is 2.19. The van der Waals surface area contributed by atoms with Crippen LogP contribution in [0.2, 0.25) is 0 Å². The van der Waals surface area contributed by atoms with E-state index in [1.54, 1.807) is 0 Å². The Morgan fingerprint density at radius 3 is 2.79 bits per heavy atom. The molecule has 0 aliphatic rings. The fourth-order valence-corrected chi connectivity index (χ4v) is 1.73. The average molecular weight is 268 g/mol. The van der Waals surface area contributed by atoms with Crippen LogP contribution in [0.1, 0.15) is 17.4 Å². The topological polar surface area (TPSA) is 130 Å². The molecule has 2 aromatic rings. The highest BCUT2D eigenvalue weighted by molar-refractivity contribution is 5.98. The molecule has 0 spiro atoms. The van der Waals surface area contributed by atoms with Crippen LogP contribution in [0.15, 0.2) is 9.59 Å². The third-order valence-corrected chi connectivity index (χ3v) is 2.49. The first-order valence-electron chi connectivity index (χ1n) is 5.58. The molecule has 0 radical (unpaired) electrons. The molecule has 0 aliphatic carbocycles. The second-order valence-electron chi connectivity index (χ2n) is 3.71. The second-order valence-corrected chi connectivity index (χ2v) is 3.71. The van der Waals surface area contributed by atoms with Crippen molar-refractivity contribution in [3.63, 3.8) is 0 Å². The summed E-state index contributed by atoms with van der Waals surface area (Å²) in [4.78, 5) is 38.3. The van der Waals surface area contributed by atoms with Crippen molar-refractivity contribution in [2.24, 2.45) is 0 Å². The number of nitrogens with zero attached hydrogens (tertiary/aromatic N) is 2. The molecule has 0 bridgehead atoms. The second kappa shape index (κ2) is 5.06. The number of ether oxygens (including phenoxy) is 1. The van der Waals surface area contributed by atoms with Crippen molar-refractivity contribution >= 4 is 17.0 Å². The predicted molar refractivity (Wildman–Crippen MR) is 64.4 cm³/mol. The van der Waals surface area contributed by atoms with Crippen LogP contribution in [-0.4, -0.2) is 44.0 Å². The van der Waals surface area contributed by atoms with Crippen LogP contribution in [-0.2, 0) is 11.3 Å². The van der Waals surface area contributed by atoms with E-state index < -0.39 is 17.2 Å². The van der Waals surface area contributed by atoms with E-state index in [1.165, 1.54) is 4.68 Å². The summed E-state index contributed by atoms with van der Waals surface area (Å²) in [6.07, 6.45) is 0. The molecule has 0 aromatic carbocycles. The minimum atomic E-state index is -1.32. The molecule has 2 heterocycles. The van der Waals surface area contributed by atoms with Gasteiger partial charge < -0.3 is 14.8 Å². The number of carboxylic acids is 1. The number of aromatic carboxylic acids is 1. The number of rotatable bonds is 5. The fourth-order valence-electron chi connectivity index (χ4n) is 1.73. The SMILES string of the molecule is CCOCCn1nc(C(=O)O)c2[nH]c(=O)[nH]c(=O)c21. The third-order valence-electron chi connectivity index (χ3n) is 2.49. The van der Waals surface area contributed by atoms with Gasteiger partial charge in [0.1, 0.15) is 5.52 Å². The molecule has 0 fully saturated rings. The van der Waals surface area contributed by atoms with Gasteiger partial charge in [-0.1, -0.05) is 0 Å². The lowest BCUT2D eigenvalue weighted by molar-refractivity contribution is 0.0690. The molecule has 0 unspecified atom stereocenters. The first-order chi connectivity index (χ1) is 9.04. The van der Waals surface area contributed by atoms with Gasteiger partial charge in [0, 0.05) is 6.61 Å². The van der Waals surface area contributed by atoms with E-state index in [2.05, 4.69) is 10.1 Å². The quantitative estimate of drug-likeness (QED) is 0.605. The maximum Gasteiger partial charge on any atom is 0.358 e. The van der Waals surface area contributed by atoms with Gasteiger partial charge in [-0.3, -0.25) is 14.5 Å². The third kappa shape index (κ3) is 2.40. The summed E-state index contributed by atoms with van der Waals surface area (Å²) in [6.45, 7) is 2.81. The molecule has 9 heteroatoms. The van der Waals surface area contributed by atoms with E-state index >= 15 is 0 Å². The van der Waals surface area contributed by atoms with Crippen molar-refractivity contribution in [3.8, 4) is 0 Å². The van der Waals surface area contributed by atoms with Crippen molar-refractivity contribution in [1.29, 1.82) is 0 Å². The van der Waals surface area contributed by atoms with Gasteiger partial charge in [0.15, 0.2) is 11.2 Å². The van der Waals surface area contributed by atoms with Gasteiger partial charge in [0.25, 0.3) is 5.56 Å². The van der Waals surface area contributed by atoms with Crippen molar-refractivity contribution in [2.75, 3.05) is 13.2 Å². The average Bonchev–Trinajstić information content (AvgIpc) is 2.68. The van der Waals surface area contributed by atoms with Gasteiger partial charge in [-0.15, -0.1) is 0 Å². The lowest BCUT2D eigenvalue weighted by Crippen LogP contribution is -2.24. The van der Waals surface area contributed by atoms with Crippen LogP contribution in [0, 0.1) is 0 Å². The molecule has 0 amide bonds. The Labute approximate surface area is 105 Å². The molecule has 3 N–H and O–H groups in total. The molecule has 19 heavy (non-hydrogen) atoms. The molecular formula is C10H12N4O5. The highest BCUT2D eigenvalue weighted by Crippen LogP contribution is 2.10. The van der Waals surface area contributed by atoms with Gasteiger partial charge >= 0.3 is 11.7 Å². The van der Waals surface area contributed by atoms with Crippen molar-refractivity contribution in [1.82, 2.24) is 19.7 Å². The molecule has 102 valence electrons. The highest BCUT2D eigenvalue weighted by atomic mass is 16.5. The number of carboxylic acid groups (broad SMARTS) is 1. The summed E-state index contributed by atoms with van der Waals surface area (Å²) >= 11 is 0. The van der Waals surface area contributed by atoms with Crippen LogP contribution in [0.5, 0.6) is 0 Å². The number of aromatic nitrogens is 4. The minimum Gasteiger partial charge on any atom is -0.476 e. The standard InChI is InChI=1S/C10H12N4O5/c1-2-19-4-3-14-7-5(6(13-14)9(16)17)11-10(18)12-8(7)15/h2-4H2,1H3,(H,16,17)(H2,11,12,15,18). The van der Waals surface area contributed by atoms with Gasteiger partial charge in [-0.2, -0.15) is 5.10 Å². The number of aromatic amines is 2. The lowest BCUT2D eigenvalue weighted by Gasteiger charge is -2.02. The molecule has 2 rings (SSSR count). The Bertz CT molecular complexity index is 726. The molecule has 2 aromatic heterocycles. The maximum atomic E-state index is 11.7. The van der Waals surface area contributed by atoms with Crippen LogP contribution in [0.3, 0.4) is 0 Å². The summed E-state index contributed by atoms with van der Waals surface area (Å²) in [5.41, 5.74) is -1.90. The van der Waals surface area contributed by atoms with E-state index in [0.717, 1.165) is 0 Å². The molecular weight excluding hydrogens is 256 g/mol. The molecule has 9 nitrogen and oxygen atoms in total. The summed E-state index contributed by atoms with van der Waals surface area (Å²) < 4.78 is 6.34. The van der Waals surface area contributed by atoms with E-state index in [1.807, 2.05) is 11.9 Å². The largest absolute Gasteiger partial charge is 0.476 e. The Hall–Kier alpha value is -2.42. The Morgan fingerprint density at radius 2 is 2.16 bits per heavy atom. The van der Waals surface area contributed by atoms with Crippen LogP contribution in [0.25, 0.3) is 11.0 Å². The first kappa shape index (κ1) is 13.0. The zero-order chi connectivity index (χ0) is 14.0. The summed E-state index contributed by atoms with van der Waals surface area (Å²) in [7, 11) is 0. The zero-order valence-corrected chi connectivity index (χ0v) is 10.1. The smallest absolute Gasteiger partial charge is 0.358 e. The minimum absolute atomic E-state index is 0.0108. The number of nitrogens with one attached hydrogen (secondary N) is 2. The van der Waals surface area contributed by atoms with Gasteiger partial charge in [-0.05, 0) is 6.92 Å². The summed E-state index contributed by atoms with van der Waals surface area (Å²) in [5.74, 6) is -1.32.